The predicted octanol–water partition coefficient (Wildman–Crippen LogP) is 0.789. The fourth-order valence-corrected chi connectivity index (χ4v) is 3.52. The van der Waals surface area contributed by atoms with Gasteiger partial charge >= 0.3 is 0 Å². The first-order valence-electron chi connectivity index (χ1n) is 9.69. The molecule has 0 aromatic heterocycles. The largest absolute Gasteiger partial charge is 0.322 e. The van der Waals surface area contributed by atoms with Crippen molar-refractivity contribution in [3.05, 3.63) is 71.8 Å². The molecule has 148 valence electrons. The summed E-state index contributed by atoms with van der Waals surface area (Å²) in [4.78, 5) is 15.1. The molecule has 1 aliphatic rings. The van der Waals surface area contributed by atoms with Crippen LogP contribution in [0.1, 0.15) is 12.5 Å². The molecule has 4 nitrogen and oxygen atoms in total. The van der Waals surface area contributed by atoms with Crippen LogP contribution in [0.15, 0.2) is 54.6 Å². The molecule has 1 amide bonds. The zero-order chi connectivity index (χ0) is 19.9. The molecule has 0 radical (unpaired) electrons. The van der Waals surface area contributed by atoms with Crippen molar-refractivity contribution in [1.82, 2.24) is 0 Å². The number of amides is 1. The lowest BCUT2D eigenvalue weighted by molar-refractivity contribution is -1.02. The summed E-state index contributed by atoms with van der Waals surface area (Å²) >= 11 is 0. The minimum absolute atomic E-state index is 0.355. The van der Waals surface area contributed by atoms with Gasteiger partial charge in [0.05, 0.1) is 6.54 Å². The molecule has 0 unspecified atom stereocenters. The third-order valence-corrected chi connectivity index (χ3v) is 5.33. The molecule has 1 heterocycles. The fraction of sp³-hybridized carbons (Fsp3) is 0.318. The minimum Gasteiger partial charge on any atom is -0.322 e. The second kappa shape index (κ2) is 9.57. The Morgan fingerprint density at radius 3 is 2.32 bits per heavy atom. The Hall–Kier alpha value is -2.57. The average Bonchev–Trinajstić information content (AvgIpc) is 2.71. The van der Waals surface area contributed by atoms with E-state index in [1.807, 2.05) is 25.1 Å². The molecule has 1 saturated heterocycles. The summed E-state index contributed by atoms with van der Waals surface area (Å²) < 4.78 is 27.5. The molecule has 2 aromatic carbocycles. The first kappa shape index (κ1) is 20.2. The molecule has 6 heteroatoms. The highest BCUT2D eigenvalue weighted by molar-refractivity contribution is 5.93. The van der Waals surface area contributed by atoms with Crippen LogP contribution >= 0.6 is 0 Å². The van der Waals surface area contributed by atoms with Crippen LogP contribution in [0, 0.1) is 11.6 Å². The maximum Gasteiger partial charge on any atom is 0.282 e. The summed E-state index contributed by atoms with van der Waals surface area (Å²) in [7, 11) is 0. The van der Waals surface area contributed by atoms with Crippen LogP contribution < -0.4 is 15.1 Å². The van der Waals surface area contributed by atoms with Gasteiger partial charge in [-0.05, 0) is 30.7 Å². The Kier molecular flexibility index (Phi) is 6.90. The van der Waals surface area contributed by atoms with Crippen molar-refractivity contribution in [2.75, 3.05) is 38.0 Å². The number of piperazine rings is 1. The van der Waals surface area contributed by atoms with E-state index in [2.05, 4.69) is 29.6 Å². The highest BCUT2D eigenvalue weighted by Gasteiger charge is 2.31. The number of carbonyl (C=O) groups excluding carboxylic acids is 1. The summed E-state index contributed by atoms with van der Waals surface area (Å²) in [5, 5.41) is 2.41. The molecule has 0 saturated carbocycles. The van der Waals surface area contributed by atoms with Crippen LogP contribution in [-0.2, 0) is 4.79 Å². The third kappa shape index (κ3) is 5.24. The van der Waals surface area contributed by atoms with E-state index < -0.39 is 11.6 Å². The molecule has 2 aromatic rings. The number of hydrogen-bond acceptors (Lipinski definition) is 1. The van der Waals surface area contributed by atoms with Crippen LogP contribution in [0.3, 0.4) is 0 Å². The molecule has 3 rings (SSSR count). The standard InChI is InChI=1S/C22H25F2N3O/c1-17(22(28)25-21-19(23)10-5-11-20(21)24)27-15-13-26(14-16-27)12-6-9-18-7-3-2-4-8-18/h2-11,17H,12-16H2,1H3,(H,25,28)/p+2/b9-6+/t17-/m0/s1. The number of nitrogens with one attached hydrogen (secondary N) is 3. The quantitative estimate of drug-likeness (QED) is 0.674. The van der Waals surface area contributed by atoms with Crippen molar-refractivity contribution in [3.63, 3.8) is 0 Å². The second-order valence-electron chi connectivity index (χ2n) is 7.23. The fourth-order valence-electron chi connectivity index (χ4n) is 3.52. The van der Waals surface area contributed by atoms with Crippen molar-refractivity contribution >= 4 is 17.7 Å². The van der Waals surface area contributed by atoms with Gasteiger partial charge in [-0.15, -0.1) is 0 Å². The zero-order valence-corrected chi connectivity index (χ0v) is 16.1. The molecule has 3 N–H and O–H groups in total. The monoisotopic (exact) mass is 387 g/mol. The van der Waals surface area contributed by atoms with Crippen molar-refractivity contribution in [2.24, 2.45) is 0 Å². The number of anilines is 1. The summed E-state index contributed by atoms with van der Waals surface area (Å²) in [6.45, 7) is 6.37. The van der Waals surface area contributed by atoms with E-state index in [0.717, 1.165) is 49.8 Å². The molecular formula is C22H27F2N3O+2. The van der Waals surface area contributed by atoms with Gasteiger partial charge in [0.15, 0.2) is 6.04 Å². The number of para-hydroxylation sites is 1. The van der Waals surface area contributed by atoms with E-state index >= 15 is 0 Å². The van der Waals surface area contributed by atoms with E-state index in [4.69, 9.17) is 0 Å². The molecule has 28 heavy (non-hydrogen) atoms. The van der Waals surface area contributed by atoms with Gasteiger partial charge in [-0.1, -0.05) is 42.5 Å². The van der Waals surface area contributed by atoms with Gasteiger partial charge in [0.25, 0.3) is 5.91 Å². The number of carbonyl (C=O) groups is 1. The second-order valence-corrected chi connectivity index (χ2v) is 7.23. The smallest absolute Gasteiger partial charge is 0.282 e. The Morgan fingerprint density at radius 2 is 1.68 bits per heavy atom. The predicted molar refractivity (Wildman–Crippen MR) is 106 cm³/mol. The molecule has 1 atom stereocenters. The third-order valence-electron chi connectivity index (χ3n) is 5.33. The SMILES string of the molecule is C[C@@H](C(=O)Nc1c(F)cccc1F)[NH+]1CC[NH+](C/C=C/c2ccccc2)CC1. The summed E-state index contributed by atoms with van der Waals surface area (Å²) in [6, 6.07) is 13.4. The summed E-state index contributed by atoms with van der Waals surface area (Å²) in [6.07, 6.45) is 4.32. The van der Waals surface area contributed by atoms with Gasteiger partial charge in [0.1, 0.15) is 43.5 Å². The number of hydrogen-bond donors (Lipinski definition) is 3. The molecule has 0 spiro atoms. The minimum atomic E-state index is -0.755. The first-order valence-corrected chi connectivity index (χ1v) is 9.69. The van der Waals surface area contributed by atoms with E-state index in [1.165, 1.54) is 16.5 Å². The van der Waals surface area contributed by atoms with Crippen molar-refractivity contribution < 1.29 is 23.4 Å². The van der Waals surface area contributed by atoms with Crippen LogP contribution in [0.2, 0.25) is 0 Å². The zero-order valence-electron chi connectivity index (χ0n) is 16.1. The van der Waals surface area contributed by atoms with E-state index in [0.29, 0.717) is 0 Å². The van der Waals surface area contributed by atoms with Crippen molar-refractivity contribution in [1.29, 1.82) is 0 Å². The van der Waals surface area contributed by atoms with E-state index in [1.54, 1.807) is 0 Å². The number of quaternary nitrogens is 2. The number of benzene rings is 2. The molecular weight excluding hydrogens is 360 g/mol. The van der Waals surface area contributed by atoms with E-state index in [9.17, 15) is 13.6 Å². The average molecular weight is 387 g/mol. The number of halogens is 2. The molecule has 1 fully saturated rings. The molecule has 0 aliphatic carbocycles. The van der Waals surface area contributed by atoms with Crippen LogP contribution in [0.5, 0.6) is 0 Å². The molecule has 1 aliphatic heterocycles. The highest BCUT2D eigenvalue weighted by Crippen LogP contribution is 2.17. The van der Waals surface area contributed by atoms with Crippen LogP contribution in [-0.4, -0.2) is 44.7 Å². The van der Waals surface area contributed by atoms with Gasteiger partial charge in [-0.2, -0.15) is 0 Å². The Bertz CT molecular complexity index is 798. The maximum absolute atomic E-state index is 13.7. The highest BCUT2D eigenvalue weighted by atomic mass is 19.1. The van der Waals surface area contributed by atoms with E-state index in [-0.39, 0.29) is 17.6 Å². The van der Waals surface area contributed by atoms with Gasteiger partial charge in [0.2, 0.25) is 0 Å². The Morgan fingerprint density at radius 1 is 1.04 bits per heavy atom. The molecule has 0 bridgehead atoms. The van der Waals surface area contributed by atoms with Gasteiger partial charge < -0.3 is 15.1 Å². The maximum atomic E-state index is 13.7. The lowest BCUT2D eigenvalue weighted by atomic mass is 10.2. The summed E-state index contributed by atoms with van der Waals surface area (Å²) in [5.74, 6) is -1.86. The van der Waals surface area contributed by atoms with Gasteiger partial charge in [-0.3, -0.25) is 4.79 Å². The van der Waals surface area contributed by atoms with Gasteiger partial charge in [0, 0.05) is 0 Å². The van der Waals surface area contributed by atoms with Crippen LogP contribution in [0.25, 0.3) is 6.08 Å². The van der Waals surface area contributed by atoms with Crippen molar-refractivity contribution in [3.8, 4) is 0 Å². The van der Waals surface area contributed by atoms with Gasteiger partial charge in [-0.25, -0.2) is 8.78 Å². The normalized spacial score (nSPS) is 20.8. The topological polar surface area (TPSA) is 38.0 Å². The number of rotatable bonds is 6. The lowest BCUT2D eigenvalue weighted by Gasteiger charge is -2.32. The van der Waals surface area contributed by atoms with Crippen LogP contribution in [0.4, 0.5) is 14.5 Å². The Balaban J connectivity index is 1.47. The Labute approximate surface area is 164 Å². The van der Waals surface area contributed by atoms with Crippen molar-refractivity contribution in [2.45, 2.75) is 13.0 Å². The lowest BCUT2D eigenvalue weighted by Crippen LogP contribution is -3.29. The summed E-state index contributed by atoms with van der Waals surface area (Å²) in [5.41, 5.74) is 0.825. The first-order chi connectivity index (χ1) is 13.5.